The van der Waals surface area contributed by atoms with Gasteiger partial charge in [0.15, 0.2) is 5.76 Å². The van der Waals surface area contributed by atoms with E-state index in [4.69, 9.17) is 9.52 Å². The SMILES string of the molecule is CN(Cc1cccc(C#CCO)c1)C(=O)c1ccco1. The zero-order valence-electron chi connectivity index (χ0n) is 11.2. The Hall–Kier alpha value is -2.51. The van der Waals surface area contributed by atoms with Gasteiger partial charge in [0.05, 0.1) is 6.26 Å². The lowest BCUT2D eigenvalue weighted by atomic mass is 10.1. The molecule has 1 aromatic carbocycles. The number of hydrogen-bond donors (Lipinski definition) is 1. The van der Waals surface area contributed by atoms with E-state index in [1.165, 1.54) is 6.26 Å². The van der Waals surface area contributed by atoms with E-state index < -0.39 is 0 Å². The van der Waals surface area contributed by atoms with Gasteiger partial charge in [0.25, 0.3) is 5.91 Å². The van der Waals surface area contributed by atoms with Crippen LogP contribution < -0.4 is 0 Å². The molecule has 0 saturated carbocycles. The Morgan fingerprint density at radius 2 is 2.20 bits per heavy atom. The van der Waals surface area contributed by atoms with Gasteiger partial charge in [-0.2, -0.15) is 0 Å². The second kappa shape index (κ2) is 6.60. The fourth-order valence-electron chi connectivity index (χ4n) is 1.82. The van der Waals surface area contributed by atoms with Crippen molar-refractivity contribution in [1.29, 1.82) is 0 Å². The zero-order valence-corrected chi connectivity index (χ0v) is 11.2. The van der Waals surface area contributed by atoms with E-state index in [0.717, 1.165) is 11.1 Å². The summed E-state index contributed by atoms with van der Waals surface area (Å²) in [6.07, 6.45) is 1.48. The van der Waals surface area contributed by atoms with Crippen molar-refractivity contribution >= 4 is 5.91 Å². The van der Waals surface area contributed by atoms with E-state index in [1.54, 1.807) is 24.1 Å². The van der Waals surface area contributed by atoms with E-state index >= 15 is 0 Å². The molecule has 0 fully saturated rings. The predicted octanol–water partition coefficient (Wildman–Crippen LogP) is 1.90. The highest BCUT2D eigenvalue weighted by atomic mass is 16.3. The summed E-state index contributed by atoms with van der Waals surface area (Å²) in [6.45, 7) is 0.301. The fraction of sp³-hybridized carbons (Fsp3) is 0.188. The van der Waals surface area contributed by atoms with Crippen molar-refractivity contribution in [3.63, 3.8) is 0 Å². The quantitative estimate of drug-likeness (QED) is 0.866. The maximum atomic E-state index is 12.0. The zero-order chi connectivity index (χ0) is 14.4. The van der Waals surface area contributed by atoms with Crippen LogP contribution in [0.2, 0.25) is 0 Å². The molecule has 2 aromatic rings. The minimum absolute atomic E-state index is 0.165. The van der Waals surface area contributed by atoms with Crippen molar-refractivity contribution in [2.75, 3.05) is 13.7 Å². The van der Waals surface area contributed by atoms with Crippen molar-refractivity contribution in [3.05, 3.63) is 59.5 Å². The number of rotatable bonds is 3. The molecule has 2 rings (SSSR count). The Kier molecular flexibility index (Phi) is 4.59. The Morgan fingerprint density at radius 1 is 1.35 bits per heavy atom. The van der Waals surface area contributed by atoms with Crippen LogP contribution in [0.15, 0.2) is 47.1 Å². The Labute approximate surface area is 117 Å². The molecule has 0 saturated heterocycles. The van der Waals surface area contributed by atoms with Crippen LogP contribution in [-0.4, -0.2) is 29.6 Å². The highest BCUT2D eigenvalue weighted by molar-refractivity contribution is 5.91. The molecule has 1 N–H and O–H groups in total. The molecule has 0 aliphatic rings. The normalized spacial score (nSPS) is 9.70. The summed E-state index contributed by atoms with van der Waals surface area (Å²) < 4.78 is 5.09. The van der Waals surface area contributed by atoms with E-state index in [0.29, 0.717) is 12.3 Å². The maximum absolute atomic E-state index is 12.0. The molecule has 1 heterocycles. The second-order valence-electron chi connectivity index (χ2n) is 4.30. The highest BCUT2D eigenvalue weighted by Crippen LogP contribution is 2.10. The molecular weight excluding hydrogens is 254 g/mol. The molecule has 0 atom stereocenters. The van der Waals surface area contributed by atoms with Gasteiger partial charge in [0.1, 0.15) is 6.61 Å². The molecule has 0 radical (unpaired) electrons. The first-order valence-corrected chi connectivity index (χ1v) is 6.18. The summed E-state index contributed by atoms with van der Waals surface area (Å²) in [5.41, 5.74) is 1.78. The van der Waals surface area contributed by atoms with E-state index in [9.17, 15) is 4.79 Å². The highest BCUT2D eigenvalue weighted by Gasteiger charge is 2.14. The molecule has 20 heavy (non-hydrogen) atoms. The number of aliphatic hydroxyl groups is 1. The minimum atomic E-state index is -0.166. The summed E-state index contributed by atoms with van der Waals surface area (Å²) in [7, 11) is 1.72. The Morgan fingerprint density at radius 3 is 2.90 bits per heavy atom. The summed E-state index contributed by atoms with van der Waals surface area (Å²) >= 11 is 0. The van der Waals surface area contributed by atoms with Crippen molar-refractivity contribution in [3.8, 4) is 11.8 Å². The summed E-state index contributed by atoms with van der Waals surface area (Å²) in [4.78, 5) is 13.6. The third kappa shape index (κ3) is 3.50. The topological polar surface area (TPSA) is 53.7 Å². The molecule has 102 valence electrons. The standard InChI is InChI=1S/C16H15NO3/c1-17(16(19)15-8-4-10-20-15)12-14-6-2-5-13(11-14)7-3-9-18/h2,4-6,8,10-11,18H,9,12H2,1H3. The lowest BCUT2D eigenvalue weighted by Gasteiger charge is -2.15. The fourth-order valence-corrected chi connectivity index (χ4v) is 1.82. The summed E-state index contributed by atoms with van der Waals surface area (Å²) in [5.74, 6) is 5.60. The van der Waals surface area contributed by atoms with Crippen LogP contribution in [-0.2, 0) is 6.54 Å². The average molecular weight is 269 g/mol. The van der Waals surface area contributed by atoms with Crippen molar-refractivity contribution in [2.45, 2.75) is 6.54 Å². The van der Waals surface area contributed by atoms with Crippen LogP contribution in [0.1, 0.15) is 21.7 Å². The Bertz CT molecular complexity index is 635. The minimum Gasteiger partial charge on any atom is -0.459 e. The Balaban J connectivity index is 2.08. The molecule has 4 heteroatoms. The summed E-state index contributed by atoms with van der Waals surface area (Å²) in [5, 5.41) is 8.68. The van der Waals surface area contributed by atoms with E-state index in [1.807, 2.05) is 24.3 Å². The van der Waals surface area contributed by atoms with Crippen molar-refractivity contribution in [1.82, 2.24) is 4.90 Å². The number of aliphatic hydroxyl groups excluding tert-OH is 1. The first kappa shape index (κ1) is 13.9. The first-order chi connectivity index (χ1) is 9.70. The number of benzene rings is 1. The van der Waals surface area contributed by atoms with Crippen molar-refractivity contribution < 1.29 is 14.3 Å². The molecule has 1 aromatic heterocycles. The smallest absolute Gasteiger partial charge is 0.289 e. The van der Waals surface area contributed by atoms with Gasteiger partial charge in [-0.05, 0) is 29.8 Å². The van der Waals surface area contributed by atoms with Gasteiger partial charge in [-0.1, -0.05) is 24.0 Å². The van der Waals surface area contributed by atoms with Crippen LogP contribution in [0.5, 0.6) is 0 Å². The van der Waals surface area contributed by atoms with Crippen LogP contribution in [0.25, 0.3) is 0 Å². The first-order valence-electron chi connectivity index (χ1n) is 6.18. The van der Waals surface area contributed by atoms with E-state index in [2.05, 4.69) is 11.8 Å². The maximum Gasteiger partial charge on any atom is 0.289 e. The van der Waals surface area contributed by atoms with E-state index in [-0.39, 0.29) is 12.5 Å². The molecule has 0 spiro atoms. The predicted molar refractivity (Wildman–Crippen MR) is 74.9 cm³/mol. The monoisotopic (exact) mass is 269 g/mol. The van der Waals surface area contributed by atoms with Crippen LogP contribution in [0.4, 0.5) is 0 Å². The number of furan rings is 1. The number of hydrogen-bond acceptors (Lipinski definition) is 3. The average Bonchev–Trinajstić information content (AvgIpc) is 2.98. The molecule has 0 aliphatic heterocycles. The van der Waals surface area contributed by atoms with Gasteiger partial charge in [-0.3, -0.25) is 4.79 Å². The lowest BCUT2D eigenvalue weighted by Crippen LogP contribution is -2.25. The number of carbonyl (C=O) groups is 1. The van der Waals surface area contributed by atoms with Gasteiger partial charge in [-0.25, -0.2) is 0 Å². The number of amides is 1. The molecule has 1 amide bonds. The molecule has 0 bridgehead atoms. The molecular formula is C16H15NO3. The van der Waals surface area contributed by atoms with Crippen molar-refractivity contribution in [2.24, 2.45) is 0 Å². The van der Waals surface area contributed by atoms with Gasteiger partial charge >= 0.3 is 0 Å². The van der Waals surface area contributed by atoms with Crippen LogP contribution in [0.3, 0.4) is 0 Å². The van der Waals surface area contributed by atoms with Gasteiger partial charge in [-0.15, -0.1) is 0 Å². The summed E-state index contributed by atoms with van der Waals surface area (Å²) in [6, 6.07) is 10.9. The van der Waals surface area contributed by atoms with Crippen LogP contribution >= 0.6 is 0 Å². The molecule has 0 aliphatic carbocycles. The third-order valence-electron chi connectivity index (χ3n) is 2.74. The van der Waals surface area contributed by atoms with Gasteiger partial charge in [0.2, 0.25) is 0 Å². The third-order valence-corrected chi connectivity index (χ3v) is 2.74. The molecule has 0 unspecified atom stereocenters. The van der Waals surface area contributed by atoms with Crippen LogP contribution in [0, 0.1) is 11.8 Å². The molecule has 4 nitrogen and oxygen atoms in total. The number of carbonyl (C=O) groups excluding carboxylic acids is 1. The lowest BCUT2D eigenvalue weighted by molar-refractivity contribution is 0.0753. The largest absolute Gasteiger partial charge is 0.459 e. The van der Waals surface area contributed by atoms with Gasteiger partial charge < -0.3 is 14.4 Å². The van der Waals surface area contributed by atoms with Gasteiger partial charge in [0, 0.05) is 19.2 Å². The number of nitrogens with zero attached hydrogens (tertiary/aromatic N) is 1. The second-order valence-corrected chi connectivity index (χ2v) is 4.30.